The molecule has 5 heteroatoms. The molecular formula is C16H17N5. The lowest BCUT2D eigenvalue weighted by atomic mass is 10.1. The lowest BCUT2D eigenvalue weighted by molar-refractivity contribution is 0.618. The fourth-order valence-electron chi connectivity index (χ4n) is 2.32. The van der Waals surface area contributed by atoms with Gasteiger partial charge in [-0.2, -0.15) is 5.10 Å². The number of para-hydroxylation sites is 1. The van der Waals surface area contributed by atoms with Gasteiger partial charge in [0.2, 0.25) is 0 Å². The van der Waals surface area contributed by atoms with Gasteiger partial charge >= 0.3 is 0 Å². The van der Waals surface area contributed by atoms with Crippen molar-refractivity contribution in [2.24, 2.45) is 0 Å². The van der Waals surface area contributed by atoms with Crippen LogP contribution in [0.5, 0.6) is 0 Å². The Kier molecular flexibility index (Phi) is 3.75. The molecule has 1 unspecified atom stereocenters. The van der Waals surface area contributed by atoms with Gasteiger partial charge in [-0.25, -0.2) is 4.68 Å². The number of aryl methyl sites for hydroxylation is 1. The molecule has 2 aromatic heterocycles. The summed E-state index contributed by atoms with van der Waals surface area (Å²) < 4.78 is 1.92. The van der Waals surface area contributed by atoms with Crippen LogP contribution in [0.2, 0.25) is 0 Å². The highest BCUT2D eigenvalue weighted by Gasteiger charge is 2.18. The van der Waals surface area contributed by atoms with E-state index in [1.807, 2.05) is 55.1 Å². The van der Waals surface area contributed by atoms with Crippen molar-refractivity contribution in [1.29, 1.82) is 0 Å². The Morgan fingerprint density at radius 2 is 1.86 bits per heavy atom. The average Bonchev–Trinajstić information content (AvgIpc) is 3.00. The maximum atomic E-state index is 4.47. The molecule has 0 saturated carbocycles. The first-order valence-electron chi connectivity index (χ1n) is 6.85. The van der Waals surface area contributed by atoms with Crippen molar-refractivity contribution in [2.75, 3.05) is 7.05 Å². The number of nitrogens with one attached hydrogen (secondary N) is 1. The van der Waals surface area contributed by atoms with Gasteiger partial charge in [0, 0.05) is 12.4 Å². The van der Waals surface area contributed by atoms with Crippen molar-refractivity contribution in [3.05, 3.63) is 72.1 Å². The number of hydrogen-bond donors (Lipinski definition) is 1. The summed E-state index contributed by atoms with van der Waals surface area (Å²) in [5.41, 5.74) is 3.84. The first-order chi connectivity index (χ1) is 10.3. The molecule has 5 nitrogen and oxygen atoms in total. The number of nitrogens with zero attached hydrogens (tertiary/aromatic N) is 4. The number of benzene rings is 1. The normalized spacial score (nSPS) is 12.3. The Hall–Kier alpha value is -2.53. The first kappa shape index (κ1) is 13.5. The molecule has 3 rings (SSSR count). The molecule has 0 aliphatic carbocycles. The van der Waals surface area contributed by atoms with Crippen LogP contribution in [0.15, 0.2) is 55.0 Å². The van der Waals surface area contributed by atoms with Crippen LogP contribution in [0.25, 0.3) is 5.69 Å². The SMILES string of the molecule is CNC(c1cnc(C)cn1)c1ccnn1-c1ccccc1. The monoisotopic (exact) mass is 279 g/mol. The first-order valence-corrected chi connectivity index (χ1v) is 6.85. The van der Waals surface area contributed by atoms with E-state index < -0.39 is 0 Å². The van der Waals surface area contributed by atoms with Gasteiger partial charge in [-0.1, -0.05) is 18.2 Å². The zero-order chi connectivity index (χ0) is 14.7. The quantitative estimate of drug-likeness (QED) is 0.796. The predicted octanol–water partition coefficient (Wildman–Crippen LogP) is 2.28. The molecule has 0 saturated heterocycles. The molecule has 21 heavy (non-hydrogen) atoms. The Bertz CT molecular complexity index is 703. The van der Waals surface area contributed by atoms with Gasteiger partial charge in [0.25, 0.3) is 0 Å². The summed E-state index contributed by atoms with van der Waals surface area (Å²) in [5.74, 6) is 0. The molecule has 0 radical (unpaired) electrons. The van der Waals surface area contributed by atoms with E-state index in [1.54, 1.807) is 18.6 Å². The van der Waals surface area contributed by atoms with Gasteiger partial charge in [0.05, 0.1) is 35.0 Å². The van der Waals surface area contributed by atoms with Crippen molar-refractivity contribution in [2.45, 2.75) is 13.0 Å². The summed E-state index contributed by atoms with van der Waals surface area (Å²) in [6, 6.07) is 12.0. The molecule has 3 aromatic rings. The second-order valence-corrected chi connectivity index (χ2v) is 4.81. The highest BCUT2D eigenvalue weighted by atomic mass is 15.3. The summed E-state index contributed by atoms with van der Waals surface area (Å²) in [6.45, 7) is 1.93. The van der Waals surface area contributed by atoms with Crippen LogP contribution in [0.1, 0.15) is 23.1 Å². The van der Waals surface area contributed by atoms with Gasteiger partial charge in [-0.05, 0) is 32.2 Å². The van der Waals surface area contributed by atoms with Gasteiger partial charge in [0.1, 0.15) is 0 Å². The average molecular weight is 279 g/mol. The minimum Gasteiger partial charge on any atom is -0.307 e. The van der Waals surface area contributed by atoms with Crippen molar-refractivity contribution < 1.29 is 0 Å². The lowest BCUT2D eigenvalue weighted by Gasteiger charge is -2.17. The molecule has 0 bridgehead atoms. The van der Waals surface area contributed by atoms with Crippen LogP contribution < -0.4 is 5.32 Å². The number of rotatable bonds is 4. The van der Waals surface area contributed by atoms with Crippen LogP contribution in [0, 0.1) is 6.92 Å². The van der Waals surface area contributed by atoms with Gasteiger partial charge in [0.15, 0.2) is 0 Å². The fourth-order valence-corrected chi connectivity index (χ4v) is 2.32. The summed E-state index contributed by atoms with van der Waals surface area (Å²) in [4.78, 5) is 8.80. The minimum absolute atomic E-state index is 0.0548. The summed E-state index contributed by atoms with van der Waals surface area (Å²) in [7, 11) is 1.91. The third-order valence-corrected chi connectivity index (χ3v) is 3.35. The van der Waals surface area contributed by atoms with E-state index in [9.17, 15) is 0 Å². The van der Waals surface area contributed by atoms with E-state index >= 15 is 0 Å². The zero-order valence-electron chi connectivity index (χ0n) is 12.1. The third-order valence-electron chi connectivity index (χ3n) is 3.35. The third kappa shape index (κ3) is 2.68. The highest BCUT2D eigenvalue weighted by molar-refractivity contribution is 5.34. The Morgan fingerprint density at radius 3 is 2.52 bits per heavy atom. The molecule has 0 spiro atoms. The molecule has 1 aromatic carbocycles. The maximum absolute atomic E-state index is 4.47. The molecule has 2 heterocycles. The van der Waals surface area contributed by atoms with E-state index in [0.29, 0.717) is 0 Å². The summed E-state index contributed by atoms with van der Waals surface area (Å²) >= 11 is 0. The van der Waals surface area contributed by atoms with Gasteiger partial charge in [-0.3, -0.25) is 9.97 Å². The van der Waals surface area contributed by atoms with E-state index in [0.717, 1.165) is 22.8 Å². The van der Waals surface area contributed by atoms with Crippen molar-refractivity contribution in [3.63, 3.8) is 0 Å². The number of aromatic nitrogens is 4. The summed E-state index contributed by atoms with van der Waals surface area (Å²) in [6.07, 6.45) is 5.38. The topological polar surface area (TPSA) is 55.6 Å². The predicted molar refractivity (Wildman–Crippen MR) is 81.2 cm³/mol. The van der Waals surface area contributed by atoms with Crippen molar-refractivity contribution >= 4 is 0 Å². The Labute approximate surface area is 123 Å². The zero-order valence-corrected chi connectivity index (χ0v) is 12.1. The lowest BCUT2D eigenvalue weighted by Crippen LogP contribution is -2.22. The van der Waals surface area contributed by atoms with E-state index in [4.69, 9.17) is 0 Å². The molecular weight excluding hydrogens is 262 g/mol. The molecule has 0 fully saturated rings. The van der Waals surface area contributed by atoms with Crippen molar-refractivity contribution in [3.8, 4) is 5.69 Å². The minimum atomic E-state index is -0.0548. The fraction of sp³-hybridized carbons (Fsp3) is 0.188. The molecule has 0 amide bonds. The van der Waals surface area contributed by atoms with Gasteiger partial charge < -0.3 is 5.32 Å². The van der Waals surface area contributed by atoms with Crippen molar-refractivity contribution in [1.82, 2.24) is 25.1 Å². The number of hydrogen-bond acceptors (Lipinski definition) is 4. The maximum Gasteiger partial charge on any atom is 0.0939 e. The molecule has 1 atom stereocenters. The highest BCUT2D eigenvalue weighted by Crippen LogP contribution is 2.21. The van der Waals surface area contributed by atoms with E-state index in [-0.39, 0.29) is 6.04 Å². The summed E-state index contributed by atoms with van der Waals surface area (Å²) in [5, 5.41) is 7.71. The van der Waals surface area contributed by atoms with E-state index in [1.165, 1.54) is 0 Å². The second kappa shape index (κ2) is 5.85. The van der Waals surface area contributed by atoms with Gasteiger partial charge in [-0.15, -0.1) is 0 Å². The molecule has 0 aliphatic heterocycles. The van der Waals surface area contributed by atoms with Crippen LogP contribution in [0.4, 0.5) is 0 Å². The standard InChI is InChI=1S/C16H17N5/c1-12-10-19-14(11-18-12)16(17-2)15-8-9-20-21(15)13-6-4-3-5-7-13/h3-11,16-17H,1-2H3. The molecule has 1 N–H and O–H groups in total. The van der Waals surface area contributed by atoms with E-state index in [2.05, 4.69) is 20.4 Å². The molecule has 106 valence electrons. The largest absolute Gasteiger partial charge is 0.307 e. The smallest absolute Gasteiger partial charge is 0.0939 e. The van der Waals surface area contributed by atoms with Crippen LogP contribution in [-0.2, 0) is 0 Å². The van der Waals surface area contributed by atoms with Crippen LogP contribution >= 0.6 is 0 Å². The molecule has 0 aliphatic rings. The van der Waals surface area contributed by atoms with Crippen LogP contribution in [-0.4, -0.2) is 26.8 Å². The second-order valence-electron chi connectivity index (χ2n) is 4.81. The Balaban J connectivity index is 2.03. The van der Waals surface area contributed by atoms with Crippen LogP contribution in [0.3, 0.4) is 0 Å². The Morgan fingerprint density at radius 1 is 1.05 bits per heavy atom.